The van der Waals surface area contributed by atoms with Crippen LogP contribution < -0.4 is 9.57 Å². The summed E-state index contributed by atoms with van der Waals surface area (Å²) >= 11 is 0. The third-order valence-electron chi connectivity index (χ3n) is 4.15. The maximum atomic E-state index is 6.12. The molecule has 0 bridgehead atoms. The second kappa shape index (κ2) is 7.29. The van der Waals surface area contributed by atoms with E-state index in [1.807, 2.05) is 35.1 Å². The van der Waals surface area contributed by atoms with Crippen LogP contribution in [0.25, 0.3) is 22.4 Å². The van der Waals surface area contributed by atoms with Gasteiger partial charge in [-0.25, -0.2) is 4.98 Å². The van der Waals surface area contributed by atoms with Crippen LogP contribution in [0.4, 0.5) is 0 Å². The smallest absolute Gasteiger partial charge is 0.327 e. The number of H-pyrrole nitrogens is 1. The Morgan fingerprint density at radius 1 is 0.957 bits per heavy atom. The summed E-state index contributed by atoms with van der Waals surface area (Å²) in [6.07, 6.45) is 0. The summed E-state index contributed by atoms with van der Waals surface area (Å²) in [5.41, 5.74) is 3.26. The van der Waals surface area contributed by atoms with Crippen molar-refractivity contribution in [2.75, 3.05) is 26.2 Å². The Balaban J connectivity index is 1.91. The maximum absolute atomic E-state index is 6.12. The van der Waals surface area contributed by atoms with Gasteiger partial charge in [-0.05, 0) is 42.1 Å². The molecule has 3 rings (SSSR count). The molecule has 1 aromatic heterocycles. The van der Waals surface area contributed by atoms with E-state index in [4.69, 9.17) is 4.84 Å². The number of para-hydroxylation sites is 2. The lowest BCUT2D eigenvalue weighted by atomic mass is 10.2. The van der Waals surface area contributed by atoms with E-state index in [0.29, 0.717) is 6.61 Å². The van der Waals surface area contributed by atoms with Crippen LogP contribution in [0.1, 0.15) is 13.8 Å². The largest absolute Gasteiger partial charge is 0.333 e. The van der Waals surface area contributed by atoms with E-state index in [2.05, 4.69) is 48.0 Å². The molecule has 0 fully saturated rings. The molecule has 1 N–H and O–H groups in total. The van der Waals surface area contributed by atoms with Gasteiger partial charge in [0, 0.05) is 6.54 Å². The molecule has 0 spiro atoms. The van der Waals surface area contributed by atoms with Crippen LogP contribution in [-0.4, -0.2) is 36.1 Å². The molecule has 0 atom stereocenters. The number of nitrogens with one attached hydrogen (secondary N) is 1. The second-order valence-corrected chi connectivity index (χ2v) is 5.51. The van der Waals surface area contributed by atoms with Crippen molar-refractivity contribution in [2.45, 2.75) is 13.8 Å². The number of fused-ring (bicyclic) bond motifs is 1. The summed E-state index contributed by atoms with van der Waals surface area (Å²) in [5, 5.41) is 0. The van der Waals surface area contributed by atoms with Gasteiger partial charge in [-0.1, -0.05) is 44.2 Å². The molecule has 23 heavy (non-hydrogen) atoms. The summed E-state index contributed by atoms with van der Waals surface area (Å²) in [6.45, 7) is 8.03. The van der Waals surface area contributed by atoms with Gasteiger partial charge in [0.2, 0.25) is 5.52 Å². The Kier molecular flexibility index (Phi) is 4.93. The van der Waals surface area contributed by atoms with Crippen LogP contribution in [0.2, 0.25) is 0 Å². The van der Waals surface area contributed by atoms with Crippen molar-refractivity contribution >= 4 is 11.0 Å². The topological polar surface area (TPSA) is 32.1 Å². The fraction of sp³-hybridized carbons (Fsp3) is 0.316. The number of nitrogens with zero attached hydrogens (tertiary/aromatic N) is 2. The first-order valence-electron chi connectivity index (χ1n) is 8.27. The highest BCUT2D eigenvalue weighted by Gasteiger charge is 2.21. The second-order valence-electron chi connectivity index (χ2n) is 5.51. The molecule has 0 saturated heterocycles. The standard InChI is InChI=1S/C19H23N3O/c1-3-21(4-2)14-15-23-22-18-13-9-8-12-17(18)20-19(22)16-10-6-5-7-11-16/h5-13H,3-4,14-15H2,1-2H3/p+1. The normalized spacial score (nSPS) is 11.3. The average Bonchev–Trinajstić information content (AvgIpc) is 2.98. The Labute approximate surface area is 137 Å². The monoisotopic (exact) mass is 310 g/mol. The molecule has 0 amide bonds. The van der Waals surface area contributed by atoms with E-state index in [1.165, 1.54) is 0 Å². The summed E-state index contributed by atoms with van der Waals surface area (Å²) in [6, 6.07) is 18.5. The lowest BCUT2D eigenvalue weighted by Crippen LogP contribution is -2.46. The average molecular weight is 310 g/mol. The summed E-state index contributed by atoms with van der Waals surface area (Å²) in [5.74, 6) is 0.978. The van der Waals surface area contributed by atoms with Crippen LogP contribution in [0.15, 0.2) is 54.6 Å². The highest BCUT2D eigenvalue weighted by molar-refractivity contribution is 5.74. The van der Waals surface area contributed by atoms with Gasteiger partial charge in [-0.15, -0.1) is 0 Å². The number of hydrogen-bond donors (Lipinski definition) is 1. The lowest BCUT2D eigenvalue weighted by molar-refractivity contribution is -0.862. The predicted molar refractivity (Wildman–Crippen MR) is 93.2 cm³/mol. The molecule has 0 saturated carbocycles. The molecule has 0 aliphatic heterocycles. The van der Waals surface area contributed by atoms with Gasteiger partial charge >= 0.3 is 5.82 Å². The molecule has 0 aliphatic rings. The lowest BCUT2D eigenvalue weighted by Gasteiger charge is -2.16. The third kappa shape index (κ3) is 3.37. The van der Waals surface area contributed by atoms with Gasteiger partial charge in [0.25, 0.3) is 0 Å². The van der Waals surface area contributed by atoms with E-state index >= 15 is 0 Å². The minimum atomic E-state index is 0.661. The van der Waals surface area contributed by atoms with E-state index in [9.17, 15) is 0 Å². The molecular formula is C19H24N3O+. The molecule has 0 unspecified atom stereocenters. The van der Waals surface area contributed by atoms with Gasteiger partial charge in [-0.2, -0.15) is 0 Å². The SMILES string of the molecule is CCN(CC)CCO[n+]1c(-c2ccccc2)[nH]c2ccccc21. The number of rotatable bonds is 7. The van der Waals surface area contributed by atoms with Gasteiger partial charge in [0.15, 0.2) is 12.1 Å². The fourth-order valence-electron chi connectivity index (χ4n) is 2.78. The molecule has 0 radical (unpaired) electrons. The first-order valence-corrected chi connectivity index (χ1v) is 8.27. The summed E-state index contributed by atoms with van der Waals surface area (Å²) in [4.78, 5) is 12.0. The highest BCUT2D eigenvalue weighted by atomic mass is 16.7. The highest BCUT2D eigenvalue weighted by Crippen LogP contribution is 2.17. The van der Waals surface area contributed by atoms with E-state index < -0.39 is 0 Å². The Hall–Kier alpha value is -2.33. The quantitative estimate of drug-likeness (QED) is 0.681. The minimum Gasteiger partial charge on any atom is -0.333 e. The van der Waals surface area contributed by atoms with E-state index in [-0.39, 0.29) is 0 Å². The van der Waals surface area contributed by atoms with Crippen molar-refractivity contribution in [3.63, 3.8) is 0 Å². The number of imidazole rings is 1. The van der Waals surface area contributed by atoms with Crippen molar-refractivity contribution in [3.8, 4) is 11.4 Å². The fourth-order valence-corrected chi connectivity index (χ4v) is 2.78. The molecule has 4 nitrogen and oxygen atoms in total. The van der Waals surface area contributed by atoms with Crippen molar-refractivity contribution in [1.82, 2.24) is 9.88 Å². The van der Waals surface area contributed by atoms with Crippen molar-refractivity contribution in [3.05, 3.63) is 54.6 Å². The molecule has 0 aliphatic carbocycles. The Bertz CT molecular complexity index is 748. The molecule has 120 valence electrons. The van der Waals surface area contributed by atoms with Crippen LogP contribution >= 0.6 is 0 Å². The molecule has 1 heterocycles. The van der Waals surface area contributed by atoms with E-state index in [1.54, 1.807) is 0 Å². The van der Waals surface area contributed by atoms with Crippen LogP contribution in [0, 0.1) is 0 Å². The zero-order chi connectivity index (χ0) is 16.1. The van der Waals surface area contributed by atoms with Gasteiger partial charge in [-0.3, -0.25) is 0 Å². The molecular weight excluding hydrogens is 286 g/mol. The number of hydrogen-bond acceptors (Lipinski definition) is 2. The van der Waals surface area contributed by atoms with Crippen LogP contribution in [-0.2, 0) is 0 Å². The van der Waals surface area contributed by atoms with Crippen molar-refractivity contribution in [2.24, 2.45) is 0 Å². The zero-order valence-electron chi connectivity index (χ0n) is 13.8. The van der Waals surface area contributed by atoms with E-state index in [0.717, 1.165) is 42.1 Å². The minimum absolute atomic E-state index is 0.661. The zero-order valence-corrected chi connectivity index (χ0v) is 13.8. The number of benzene rings is 2. The third-order valence-corrected chi connectivity index (χ3v) is 4.15. The van der Waals surface area contributed by atoms with Gasteiger partial charge in [0.05, 0.1) is 5.56 Å². The first kappa shape index (κ1) is 15.6. The van der Waals surface area contributed by atoms with Gasteiger partial charge < -0.3 is 9.74 Å². The first-order chi connectivity index (χ1) is 11.3. The number of aromatic amines is 1. The van der Waals surface area contributed by atoms with Crippen LogP contribution in [0.3, 0.4) is 0 Å². The summed E-state index contributed by atoms with van der Waals surface area (Å²) in [7, 11) is 0. The Morgan fingerprint density at radius 2 is 1.65 bits per heavy atom. The number of likely N-dealkylation sites (N-methyl/N-ethyl adjacent to an activating group) is 1. The number of aromatic nitrogens is 2. The molecule has 2 aromatic carbocycles. The maximum Gasteiger partial charge on any atom is 0.327 e. The van der Waals surface area contributed by atoms with Gasteiger partial charge in [0.1, 0.15) is 0 Å². The van der Waals surface area contributed by atoms with Crippen molar-refractivity contribution in [1.29, 1.82) is 0 Å². The molecule has 4 heteroatoms. The molecule has 3 aromatic rings. The predicted octanol–water partition coefficient (Wildman–Crippen LogP) is 2.89. The van der Waals surface area contributed by atoms with Crippen molar-refractivity contribution < 1.29 is 9.57 Å². The Morgan fingerprint density at radius 3 is 2.39 bits per heavy atom. The summed E-state index contributed by atoms with van der Waals surface area (Å²) < 4.78 is 1.92. The van der Waals surface area contributed by atoms with Crippen LogP contribution in [0.5, 0.6) is 0 Å².